The van der Waals surface area contributed by atoms with Crippen molar-refractivity contribution >= 4 is 23.0 Å². The zero-order valence-electron chi connectivity index (χ0n) is 16.0. The fourth-order valence-corrected chi connectivity index (χ4v) is 3.04. The van der Waals surface area contributed by atoms with Gasteiger partial charge in [0.25, 0.3) is 0 Å². The van der Waals surface area contributed by atoms with Crippen LogP contribution in [0.1, 0.15) is 17.5 Å². The number of aromatic nitrogens is 1. The summed E-state index contributed by atoms with van der Waals surface area (Å²) in [5.41, 5.74) is 11.4. The summed E-state index contributed by atoms with van der Waals surface area (Å²) in [7, 11) is 3.22. The van der Waals surface area contributed by atoms with Crippen molar-refractivity contribution in [1.29, 1.82) is 0 Å². The number of para-hydroxylation sites is 1. The number of carbonyl (C=O) groups excluding carboxylic acids is 1. The summed E-state index contributed by atoms with van der Waals surface area (Å²) in [5.74, 6) is 1.06. The van der Waals surface area contributed by atoms with Gasteiger partial charge in [0, 0.05) is 35.6 Å². The van der Waals surface area contributed by atoms with Crippen LogP contribution in [0.15, 0.2) is 53.8 Å². The number of hydrazone groups is 1. The lowest BCUT2D eigenvalue weighted by Gasteiger charge is -2.09. The molecule has 0 unspecified atom stereocenters. The number of nitrogens with one attached hydrogen (secondary N) is 1. The number of methoxy groups -OCH3 is 2. The van der Waals surface area contributed by atoms with Crippen molar-refractivity contribution in [2.45, 2.75) is 19.5 Å². The Labute approximate surface area is 163 Å². The van der Waals surface area contributed by atoms with Gasteiger partial charge in [-0.2, -0.15) is 5.10 Å². The van der Waals surface area contributed by atoms with E-state index in [2.05, 4.69) is 10.5 Å². The molecule has 0 saturated heterocycles. The number of nitrogens with zero attached hydrogens (tertiary/aromatic N) is 2. The molecule has 1 heterocycles. The third kappa shape index (κ3) is 4.43. The molecule has 0 saturated carbocycles. The van der Waals surface area contributed by atoms with Gasteiger partial charge in [0.2, 0.25) is 5.91 Å². The first-order valence-electron chi connectivity index (χ1n) is 8.95. The number of fused-ring (bicyclic) bond motifs is 1. The van der Waals surface area contributed by atoms with Crippen LogP contribution >= 0.6 is 0 Å². The molecule has 7 nitrogen and oxygen atoms in total. The number of carbonyl (C=O) groups is 1. The topological polar surface area (TPSA) is 90.9 Å². The summed E-state index contributed by atoms with van der Waals surface area (Å²) in [5, 5.41) is 5.41. The van der Waals surface area contributed by atoms with E-state index in [0.717, 1.165) is 22.0 Å². The molecule has 7 heteroatoms. The lowest BCUT2D eigenvalue weighted by molar-refractivity contribution is -0.118. The number of primary amides is 1. The molecular weight excluding hydrogens is 356 g/mol. The average Bonchev–Trinajstić information content (AvgIpc) is 3.07. The van der Waals surface area contributed by atoms with Crippen LogP contribution in [0.4, 0.5) is 0 Å². The fourth-order valence-electron chi connectivity index (χ4n) is 3.04. The predicted octanol–water partition coefficient (Wildman–Crippen LogP) is 2.66. The van der Waals surface area contributed by atoms with Crippen LogP contribution in [0, 0.1) is 0 Å². The van der Waals surface area contributed by atoms with E-state index in [4.69, 9.17) is 15.2 Å². The van der Waals surface area contributed by atoms with Gasteiger partial charge in [-0.3, -0.25) is 4.79 Å². The van der Waals surface area contributed by atoms with E-state index >= 15 is 0 Å². The van der Waals surface area contributed by atoms with Crippen molar-refractivity contribution in [1.82, 2.24) is 9.99 Å². The highest BCUT2D eigenvalue weighted by molar-refractivity contribution is 5.99. The van der Waals surface area contributed by atoms with E-state index in [0.29, 0.717) is 31.0 Å². The highest BCUT2D eigenvalue weighted by atomic mass is 16.5. The van der Waals surface area contributed by atoms with Gasteiger partial charge in [-0.15, -0.1) is 0 Å². The van der Waals surface area contributed by atoms with Gasteiger partial charge in [-0.1, -0.05) is 24.3 Å². The van der Waals surface area contributed by atoms with Crippen LogP contribution < -0.4 is 20.6 Å². The summed E-state index contributed by atoms with van der Waals surface area (Å²) < 4.78 is 12.6. The third-order valence-electron chi connectivity index (χ3n) is 4.44. The van der Waals surface area contributed by atoms with E-state index in [9.17, 15) is 4.79 Å². The highest BCUT2D eigenvalue weighted by Gasteiger charge is 2.07. The molecule has 0 spiro atoms. The van der Waals surface area contributed by atoms with Crippen molar-refractivity contribution in [3.8, 4) is 11.5 Å². The normalized spacial score (nSPS) is 11.1. The van der Waals surface area contributed by atoms with Crippen LogP contribution in [0.25, 0.3) is 10.9 Å². The minimum Gasteiger partial charge on any atom is -0.493 e. The van der Waals surface area contributed by atoms with Crippen LogP contribution in [-0.2, 0) is 17.9 Å². The van der Waals surface area contributed by atoms with Gasteiger partial charge in [-0.05, 0) is 23.8 Å². The Morgan fingerprint density at radius 3 is 2.71 bits per heavy atom. The lowest BCUT2D eigenvalue weighted by atomic mass is 10.2. The maximum Gasteiger partial charge on any atom is 0.219 e. The van der Waals surface area contributed by atoms with Crippen LogP contribution in [0.5, 0.6) is 11.5 Å². The summed E-state index contributed by atoms with van der Waals surface area (Å²) in [4.78, 5) is 11.1. The molecular formula is C21H24N4O3. The van der Waals surface area contributed by atoms with Gasteiger partial charge in [0.1, 0.15) is 0 Å². The molecule has 3 aromatic rings. The molecule has 2 aromatic carbocycles. The fraction of sp³-hybridized carbons (Fsp3) is 0.238. The van der Waals surface area contributed by atoms with Gasteiger partial charge in [-0.25, -0.2) is 0 Å². The molecule has 28 heavy (non-hydrogen) atoms. The molecule has 0 atom stereocenters. The van der Waals surface area contributed by atoms with E-state index in [1.165, 1.54) is 0 Å². The van der Waals surface area contributed by atoms with Crippen molar-refractivity contribution in [2.75, 3.05) is 14.2 Å². The Morgan fingerprint density at radius 1 is 1.18 bits per heavy atom. The minimum absolute atomic E-state index is 0.298. The van der Waals surface area contributed by atoms with Gasteiger partial charge < -0.3 is 25.2 Å². The van der Waals surface area contributed by atoms with Gasteiger partial charge in [0.05, 0.1) is 27.0 Å². The molecule has 3 N–H and O–H groups in total. The molecule has 0 bridgehead atoms. The third-order valence-corrected chi connectivity index (χ3v) is 4.44. The van der Waals surface area contributed by atoms with Crippen LogP contribution in [-0.4, -0.2) is 30.9 Å². The lowest BCUT2D eigenvalue weighted by Crippen LogP contribution is -2.13. The monoisotopic (exact) mass is 380 g/mol. The van der Waals surface area contributed by atoms with Gasteiger partial charge >= 0.3 is 0 Å². The van der Waals surface area contributed by atoms with Crippen molar-refractivity contribution in [3.63, 3.8) is 0 Å². The number of aryl methyl sites for hydroxylation is 1. The number of amides is 1. The van der Waals surface area contributed by atoms with Gasteiger partial charge in [0.15, 0.2) is 11.5 Å². The molecule has 146 valence electrons. The van der Waals surface area contributed by atoms with E-state index in [-0.39, 0.29) is 5.91 Å². The smallest absolute Gasteiger partial charge is 0.219 e. The maximum atomic E-state index is 11.1. The SMILES string of the molecule is COc1ccc(CN/N=C/c2cn(CCC(N)=O)c3ccccc23)cc1OC. The molecule has 0 fully saturated rings. The Kier molecular flexibility index (Phi) is 6.16. The standard InChI is InChI=1S/C21H24N4O3/c1-27-19-8-7-15(11-20(19)28-2)12-23-24-13-16-14-25(10-9-21(22)26)18-6-4-3-5-17(16)18/h3-8,11,13-14,23H,9-10,12H2,1-2H3,(H2,22,26)/b24-13+. The first kappa shape index (κ1) is 19.3. The zero-order valence-corrected chi connectivity index (χ0v) is 16.0. The molecule has 0 radical (unpaired) electrons. The summed E-state index contributed by atoms with van der Waals surface area (Å²) in [6.07, 6.45) is 4.06. The molecule has 3 rings (SSSR count). The average molecular weight is 380 g/mol. The van der Waals surface area contributed by atoms with Crippen LogP contribution in [0.2, 0.25) is 0 Å². The maximum absolute atomic E-state index is 11.1. The second kappa shape index (κ2) is 8.94. The number of ether oxygens (including phenoxy) is 2. The Hall–Kier alpha value is -3.48. The van der Waals surface area contributed by atoms with E-state index in [1.807, 2.05) is 53.2 Å². The van der Waals surface area contributed by atoms with E-state index < -0.39 is 0 Å². The minimum atomic E-state index is -0.315. The summed E-state index contributed by atoms with van der Waals surface area (Å²) in [6, 6.07) is 13.7. The van der Waals surface area contributed by atoms with E-state index in [1.54, 1.807) is 20.4 Å². The second-order valence-corrected chi connectivity index (χ2v) is 6.29. The Bertz CT molecular complexity index is 994. The molecule has 0 aliphatic carbocycles. The summed E-state index contributed by atoms with van der Waals surface area (Å²) >= 11 is 0. The second-order valence-electron chi connectivity index (χ2n) is 6.29. The quantitative estimate of drug-likeness (QED) is 0.441. The number of hydrogen-bond acceptors (Lipinski definition) is 5. The predicted molar refractivity (Wildman–Crippen MR) is 110 cm³/mol. The highest BCUT2D eigenvalue weighted by Crippen LogP contribution is 2.27. The van der Waals surface area contributed by atoms with Crippen molar-refractivity contribution < 1.29 is 14.3 Å². The molecule has 0 aliphatic heterocycles. The first-order valence-corrected chi connectivity index (χ1v) is 8.95. The van der Waals surface area contributed by atoms with Crippen LogP contribution in [0.3, 0.4) is 0 Å². The van der Waals surface area contributed by atoms with Crippen molar-refractivity contribution in [2.24, 2.45) is 10.8 Å². The number of benzene rings is 2. The first-order chi connectivity index (χ1) is 13.6. The Morgan fingerprint density at radius 2 is 1.96 bits per heavy atom. The van der Waals surface area contributed by atoms with Crippen molar-refractivity contribution in [3.05, 3.63) is 59.8 Å². The zero-order chi connectivity index (χ0) is 19.9. The molecule has 1 amide bonds. The largest absolute Gasteiger partial charge is 0.493 e. The Balaban J connectivity index is 1.70. The summed E-state index contributed by atoms with van der Waals surface area (Å²) in [6.45, 7) is 1.10. The number of nitrogens with two attached hydrogens (primary N) is 1. The molecule has 1 aromatic heterocycles. The molecule has 0 aliphatic rings. The number of hydrogen-bond donors (Lipinski definition) is 2. The number of rotatable bonds is 9.